The summed E-state index contributed by atoms with van der Waals surface area (Å²) < 4.78 is 1.99. The van der Waals surface area contributed by atoms with Crippen LogP contribution in [0, 0.1) is 5.92 Å². The summed E-state index contributed by atoms with van der Waals surface area (Å²) >= 11 is 0. The molecule has 2 unspecified atom stereocenters. The van der Waals surface area contributed by atoms with Crippen LogP contribution in [0.3, 0.4) is 0 Å². The molecule has 0 bridgehead atoms. The molecule has 4 nitrogen and oxygen atoms in total. The van der Waals surface area contributed by atoms with Crippen molar-refractivity contribution < 1.29 is 0 Å². The highest BCUT2D eigenvalue weighted by Gasteiger charge is 2.18. The summed E-state index contributed by atoms with van der Waals surface area (Å²) in [6, 6.07) is 0.509. The van der Waals surface area contributed by atoms with E-state index in [1.165, 1.54) is 12.8 Å². The standard InChI is InChI=1S/C13H26N4/c1-5-8-11(4)12(14-6-2)9-13-15-10-16-17(13)7-3/h10-12,14H,5-9H2,1-4H3. The van der Waals surface area contributed by atoms with E-state index in [9.17, 15) is 0 Å². The number of nitrogens with one attached hydrogen (secondary N) is 1. The number of rotatable bonds is 8. The number of hydrogen-bond donors (Lipinski definition) is 1. The van der Waals surface area contributed by atoms with Crippen LogP contribution in [0.1, 0.15) is 46.4 Å². The maximum absolute atomic E-state index is 4.36. The Bertz CT molecular complexity index is 308. The Labute approximate surface area is 105 Å². The van der Waals surface area contributed by atoms with Gasteiger partial charge in [-0.05, 0) is 25.8 Å². The molecule has 2 atom stereocenters. The number of hydrogen-bond acceptors (Lipinski definition) is 3. The first kappa shape index (κ1) is 14.2. The molecule has 0 amide bonds. The third kappa shape index (κ3) is 4.11. The summed E-state index contributed by atoms with van der Waals surface area (Å²) in [5, 5.41) is 7.81. The largest absolute Gasteiger partial charge is 0.314 e. The van der Waals surface area contributed by atoms with Crippen molar-refractivity contribution in [3.8, 4) is 0 Å². The van der Waals surface area contributed by atoms with Crippen LogP contribution < -0.4 is 5.32 Å². The molecule has 0 aliphatic carbocycles. The lowest BCUT2D eigenvalue weighted by atomic mass is 9.94. The van der Waals surface area contributed by atoms with Gasteiger partial charge in [-0.25, -0.2) is 4.98 Å². The Morgan fingerprint density at radius 2 is 2.12 bits per heavy atom. The van der Waals surface area contributed by atoms with Crippen LogP contribution in [-0.2, 0) is 13.0 Å². The molecule has 0 saturated heterocycles. The molecule has 1 aromatic heterocycles. The number of nitrogens with zero attached hydrogens (tertiary/aromatic N) is 3. The van der Waals surface area contributed by atoms with Crippen molar-refractivity contribution in [3.05, 3.63) is 12.2 Å². The summed E-state index contributed by atoms with van der Waals surface area (Å²) in [5.41, 5.74) is 0. The van der Waals surface area contributed by atoms with Gasteiger partial charge in [0.2, 0.25) is 0 Å². The monoisotopic (exact) mass is 238 g/mol. The average Bonchev–Trinajstić information content (AvgIpc) is 2.76. The first-order chi connectivity index (χ1) is 8.22. The summed E-state index contributed by atoms with van der Waals surface area (Å²) in [6.07, 6.45) is 5.14. The fourth-order valence-corrected chi connectivity index (χ4v) is 2.30. The molecule has 98 valence electrons. The van der Waals surface area contributed by atoms with Gasteiger partial charge in [0.15, 0.2) is 0 Å². The minimum atomic E-state index is 0.509. The van der Waals surface area contributed by atoms with Gasteiger partial charge < -0.3 is 5.32 Å². The number of aromatic nitrogens is 3. The van der Waals surface area contributed by atoms with E-state index in [0.29, 0.717) is 12.0 Å². The van der Waals surface area contributed by atoms with Gasteiger partial charge in [0.25, 0.3) is 0 Å². The Hall–Kier alpha value is -0.900. The average molecular weight is 238 g/mol. The predicted octanol–water partition coefficient (Wildman–Crippen LogP) is 2.25. The number of likely N-dealkylation sites (N-methyl/N-ethyl adjacent to an activating group) is 1. The van der Waals surface area contributed by atoms with Gasteiger partial charge in [0, 0.05) is 19.0 Å². The smallest absolute Gasteiger partial charge is 0.138 e. The van der Waals surface area contributed by atoms with Crippen molar-refractivity contribution in [1.82, 2.24) is 20.1 Å². The van der Waals surface area contributed by atoms with Gasteiger partial charge in [-0.1, -0.05) is 27.2 Å². The molecule has 1 heterocycles. The lowest BCUT2D eigenvalue weighted by Crippen LogP contribution is -2.37. The molecule has 0 aliphatic rings. The van der Waals surface area contributed by atoms with Crippen LogP contribution in [-0.4, -0.2) is 27.4 Å². The van der Waals surface area contributed by atoms with Gasteiger partial charge in [-0.2, -0.15) is 5.10 Å². The Morgan fingerprint density at radius 1 is 1.35 bits per heavy atom. The Morgan fingerprint density at radius 3 is 2.71 bits per heavy atom. The molecule has 0 spiro atoms. The van der Waals surface area contributed by atoms with Crippen LogP contribution in [0.15, 0.2) is 6.33 Å². The zero-order valence-electron chi connectivity index (χ0n) is 11.6. The molecular formula is C13H26N4. The maximum atomic E-state index is 4.36. The van der Waals surface area contributed by atoms with Gasteiger partial charge in [-0.15, -0.1) is 0 Å². The van der Waals surface area contributed by atoms with Gasteiger partial charge in [0.05, 0.1) is 0 Å². The first-order valence-corrected chi connectivity index (χ1v) is 6.82. The molecule has 0 aromatic carbocycles. The van der Waals surface area contributed by atoms with Gasteiger partial charge in [-0.3, -0.25) is 4.68 Å². The van der Waals surface area contributed by atoms with Crippen LogP contribution in [0.4, 0.5) is 0 Å². The van der Waals surface area contributed by atoms with Gasteiger partial charge in [0.1, 0.15) is 12.2 Å². The minimum Gasteiger partial charge on any atom is -0.314 e. The van der Waals surface area contributed by atoms with Crippen molar-refractivity contribution in [2.45, 2.75) is 59.5 Å². The van der Waals surface area contributed by atoms with E-state index in [1.807, 2.05) is 4.68 Å². The summed E-state index contributed by atoms with van der Waals surface area (Å²) in [7, 11) is 0. The topological polar surface area (TPSA) is 42.7 Å². The van der Waals surface area contributed by atoms with E-state index in [-0.39, 0.29) is 0 Å². The van der Waals surface area contributed by atoms with E-state index in [1.54, 1.807) is 6.33 Å². The zero-order chi connectivity index (χ0) is 12.7. The second-order valence-corrected chi connectivity index (χ2v) is 4.63. The zero-order valence-corrected chi connectivity index (χ0v) is 11.6. The van der Waals surface area contributed by atoms with E-state index in [0.717, 1.165) is 25.3 Å². The van der Waals surface area contributed by atoms with E-state index in [4.69, 9.17) is 0 Å². The molecule has 4 heteroatoms. The van der Waals surface area contributed by atoms with E-state index in [2.05, 4.69) is 43.1 Å². The second kappa shape index (κ2) is 7.43. The van der Waals surface area contributed by atoms with E-state index < -0.39 is 0 Å². The summed E-state index contributed by atoms with van der Waals surface area (Å²) in [4.78, 5) is 4.36. The quantitative estimate of drug-likeness (QED) is 0.755. The molecule has 1 rings (SSSR count). The third-order valence-corrected chi connectivity index (χ3v) is 3.29. The lowest BCUT2D eigenvalue weighted by molar-refractivity contribution is 0.348. The highest BCUT2D eigenvalue weighted by atomic mass is 15.3. The van der Waals surface area contributed by atoms with Gasteiger partial charge >= 0.3 is 0 Å². The molecule has 0 radical (unpaired) electrons. The van der Waals surface area contributed by atoms with Crippen LogP contribution in [0.5, 0.6) is 0 Å². The first-order valence-electron chi connectivity index (χ1n) is 6.82. The normalized spacial score (nSPS) is 14.8. The van der Waals surface area contributed by atoms with Crippen molar-refractivity contribution in [3.63, 3.8) is 0 Å². The summed E-state index contributed by atoms with van der Waals surface area (Å²) in [6.45, 7) is 10.7. The second-order valence-electron chi connectivity index (χ2n) is 4.63. The molecule has 1 N–H and O–H groups in total. The summed E-state index contributed by atoms with van der Waals surface area (Å²) in [5.74, 6) is 1.78. The molecule has 0 aliphatic heterocycles. The predicted molar refractivity (Wildman–Crippen MR) is 70.9 cm³/mol. The highest BCUT2D eigenvalue weighted by Crippen LogP contribution is 2.14. The SMILES string of the molecule is CCCC(C)C(Cc1ncnn1CC)NCC. The van der Waals surface area contributed by atoms with Crippen molar-refractivity contribution >= 4 is 0 Å². The Balaban J connectivity index is 2.65. The molecule has 1 aromatic rings. The maximum Gasteiger partial charge on any atom is 0.138 e. The fourth-order valence-electron chi connectivity index (χ4n) is 2.30. The minimum absolute atomic E-state index is 0.509. The van der Waals surface area contributed by atoms with Crippen molar-refractivity contribution in [2.24, 2.45) is 5.92 Å². The van der Waals surface area contributed by atoms with E-state index >= 15 is 0 Å². The van der Waals surface area contributed by atoms with Crippen LogP contribution in [0.25, 0.3) is 0 Å². The Kier molecular flexibility index (Phi) is 6.19. The van der Waals surface area contributed by atoms with Crippen molar-refractivity contribution in [2.75, 3.05) is 6.54 Å². The molecule has 0 fully saturated rings. The van der Waals surface area contributed by atoms with Crippen molar-refractivity contribution in [1.29, 1.82) is 0 Å². The third-order valence-electron chi connectivity index (χ3n) is 3.29. The number of aryl methyl sites for hydroxylation is 1. The highest BCUT2D eigenvalue weighted by molar-refractivity contribution is 4.91. The molecular weight excluding hydrogens is 212 g/mol. The lowest BCUT2D eigenvalue weighted by Gasteiger charge is -2.24. The fraction of sp³-hybridized carbons (Fsp3) is 0.846. The molecule has 0 saturated carbocycles. The molecule has 17 heavy (non-hydrogen) atoms. The van der Waals surface area contributed by atoms with Crippen LogP contribution >= 0.6 is 0 Å². The van der Waals surface area contributed by atoms with Crippen LogP contribution in [0.2, 0.25) is 0 Å².